The zero-order valence-corrected chi connectivity index (χ0v) is 13.4. The first-order valence-corrected chi connectivity index (χ1v) is 10.3. The van der Waals surface area contributed by atoms with Gasteiger partial charge in [0.15, 0.2) is 0 Å². The second-order valence-corrected chi connectivity index (χ2v) is 10.6. The van der Waals surface area contributed by atoms with Crippen LogP contribution in [0.5, 0.6) is 0 Å². The van der Waals surface area contributed by atoms with E-state index in [2.05, 4.69) is 71.7 Å². The molecule has 2 aromatic carbocycles. The summed E-state index contributed by atoms with van der Waals surface area (Å²) < 4.78 is 1.94. The maximum atomic E-state index is 4.23. The van der Waals surface area contributed by atoms with Gasteiger partial charge in [0.1, 0.15) is 20.7 Å². The number of hydrogen-bond donors (Lipinski definition) is 0. The fourth-order valence-electron chi connectivity index (χ4n) is 2.56. The molecule has 0 fully saturated rings. The second kappa shape index (κ2) is 5.66. The normalized spacial score (nSPS) is 11.5. The summed E-state index contributed by atoms with van der Waals surface area (Å²) in [5, 5.41) is 5.67. The SMILES string of the molecule is C[Si](C)(Cn1cncn1)c1ccc(-c2ccccc2)cc1. The molecule has 106 valence electrons. The molecule has 0 amide bonds. The summed E-state index contributed by atoms with van der Waals surface area (Å²) in [6, 6.07) is 19.5. The minimum atomic E-state index is -1.55. The van der Waals surface area contributed by atoms with Crippen LogP contribution >= 0.6 is 0 Å². The summed E-state index contributed by atoms with van der Waals surface area (Å²) in [5.74, 6) is 0. The van der Waals surface area contributed by atoms with Gasteiger partial charge in [0.25, 0.3) is 0 Å². The molecule has 3 rings (SSSR count). The van der Waals surface area contributed by atoms with Gasteiger partial charge in [0.05, 0.1) is 0 Å². The molecule has 1 aromatic heterocycles. The van der Waals surface area contributed by atoms with Gasteiger partial charge in [0, 0.05) is 6.17 Å². The monoisotopic (exact) mass is 293 g/mol. The van der Waals surface area contributed by atoms with Crippen molar-refractivity contribution in [1.82, 2.24) is 14.8 Å². The fourth-order valence-corrected chi connectivity index (χ4v) is 4.78. The lowest BCUT2D eigenvalue weighted by atomic mass is 10.1. The molecule has 0 saturated heterocycles. The third-order valence-corrected chi connectivity index (χ3v) is 6.81. The van der Waals surface area contributed by atoms with E-state index in [1.54, 1.807) is 12.7 Å². The summed E-state index contributed by atoms with van der Waals surface area (Å²) in [6.45, 7) is 4.73. The molecule has 0 N–H and O–H groups in total. The van der Waals surface area contributed by atoms with Crippen molar-refractivity contribution in [3.05, 3.63) is 67.3 Å². The van der Waals surface area contributed by atoms with Gasteiger partial charge in [-0.25, -0.2) is 4.98 Å². The van der Waals surface area contributed by atoms with Crippen LogP contribution in [-0.4, -0.2) is 22.8 Å². The number of benzene rings is 2. The Morgan fingerprint density at radius 2 is 1.57 bits per heavy atom. The summed E-state index contributed by atoms with van der Waals surface area (Å²) in [4.78, 5) is 4.03. The van der Waals surface area contributed by atoms with Crippen molar-refractivity contribution in [1.29, 1.82) is 0 Å². The molecule has 0 atom stereocenters. The van der Waals surface area contributed by atoms with Crippen LogP contribution in [-0.2, 0) is 6.17 Å². The number of nitrogens with zero attached hydrogens (tertiary/aromatic N) is 3. The molecular formula is C17H19N3Si. The van der Waals surface area contributed by atoms with Crippen LogP contribution in [0.4, 0.5) is 0 Å². The van der Waals surface area contributed by atoms with E-state index in [9.17, 15) is 0 Å². The van der Waals surface area contributed by atoms with Crippen LogP contribution < -0.4 is 5.19 Å². The molecule has 0 radical (unpaired) electrons. The molecule has 21 heavy (non-hydrogen) atoms. The Hall–Kier alpha value is -2.20. The Labute approximate surface area is 126 Å². The van der Waals surface area contributed by atoms with Gasteiger partial charge < -0.3 is 0 Å². The fraction of sp³-hybridized carbons (Fsp3) is 0.176. The van der Waals surface area contributed by atoms with Crippen molar-refractivity contribution in [2.75, 3.05) is 0 Å². The van der Waals surface area contributed by atoms with Gasteiger partial charge in [-0.3, -0.25) is 4.68 Å². The molecule has 1 heterocycles. The highest BCUT2D eigenvalue weighted by Gasteiger charge is 2.24. The van der Waals surface area contributed by atoms with Crippen molar-refractivity contribution in [2.24, 2.45) is 0 Å². The van der Waals surface area contributed by atoms with E-state index < -0.39 is 8.07 Å². The van der Waals surface area contributed by atoms with Crippen LogP contribution in [0.3, 0.4) is 0 Å². The summed E-state index contributed by atoms with van der Waals surface area (Å²) >= 11 is 0. The largest absolute Gasteiger partial charge is 0.256 e. The zero-order valence-electron chi connectivity index (χ0n) is 12.4. The van der Waals surface area contributed by atoms with E-state index in [0.29, 0.717) is 0 Å². The van der Waals surface area contributed by atoms with Crippen LogP contribution in [0.2, 0.25) is 13.1 Å². The maximum Gasteiger partial charge on any atom is 0.137 e. The minimum absolute atomic E-state index is 0.956. The highest BCUT2D eigenvalue weighted by Crippen LogP contribution is 2.18. The Morgan fingerprint density at radius 3 is 2.19 bits per heavy atom. The summed E-state index contributed by atoms with van der Waals surface area (Å²) in [7, 11) is -1.55. The van der Waals surface area contributed by atoms with Gasteiger partial charge in [-0.1, -0.05) is 72.9 Å². The molecule has 0 aliphatic rings. The Kier molecular flexibility index (Phi) is 3.71. The van der Waals surface area contributed by atoms with Crippen LogP contribution in [0.1, 0.15) is 0 Å². The van der Waals surface area contributed by atoms with E-state index in [1.165, 1.54) is 16.3 Å². The standard InChI is InChI=1S/C17H19N3Si/c1-21(2,14-20-13-18-12-19-20)17-10-8-16(9-11-17)15-6-4-3-5-7-15/h3-13H,14H2,1-2H3. The molecule has 3 nitrogen and oxygen atoms in total. The minimum Gasteiger partial charge on any atom is -0.256 e. The van der Waals surface area contributed by atoms with Crippen LogP contribution in [0, 0.1) is 0 Å². The maximum absolute atomic E-state index is 4.23. The van der Waals surface area contributed by atoms with Crippen molar-refractivity contribution in [2.45, 2.75) is 19.3 Å². The van der Waals surface area contributed by atoms with Crippen LogP contribution in [0.15, 0.2) is 67.3 Å². The highest BCUT2D eigenvalue weighted by atomic mass is 28.3. The Bertz CT molecular complexity index is 689. The first-order chi connectivity index (χ1) is 10.1. The third-order valence-electron chi connectivity index (χ3n) is 3.80. The van der Waals surface area contributed by atoms with E-state index in [-0.39, 0.29) is 0 Å². The highest BCUT2D eigenvalue weighted by molar-refractivity contribution is 6.88. The summed E-state index contributed by atoms with van der Waals surface area (Å²) in [6.07, 6.45) is 4.35. The molecule has 0 unspecified atom stereocenters. The summed E-state index contributed by atoms with van der Waals surface area (Å²) in [5.41, 5.74) is 2.53. The average molecular weight is 293 g/mol. The lowest BCUT2D eigenvalue weighted by Gasteiger charge is -2.22. The smallest absolute Gasteiger partial charge is 0.137 e. The van der Waals surface area contributed by atoms with Gasteiger partial charge in [-0.05, 0) is 11.1 Å². The van der Waals surface area contributed by atoms with Crippen molar-refractivity contribution in [3.8, 4) is 11.1 Å². The number of aromatic nitrogens is 3. The first-order valence-electron chi connectivity index (χ1n) is 7.13. The Balaban J connectivity index is 1.83. The van der Waals surface area contributed by atoms with Crippen LogP contribution in [0.25, 0.3) is 11.1 Å². The van der Waals surface area contributed by atoms with Crippen molar-refractivity contribution < 1.29 is 0 Å². The zero-order chi connectivity index (χ0) is 14.7. The topological polar surface area (TPSA) is 30.7 Å². The molecule has 0 saturated carbocycles. The lowest BCUT2D eigenvalue weighted by molar-refractivity contribution is 0.725. The molecule has 0 aliphatic carbocycles. The lowest BCUT2D eigenvalue weighted by Crippen LogP contribution is -2.45. The molecule has 4 heteroatoms. The molecule has 3 aromatic rings. The van der Waals surface area contributed by atoms with Gasteiger partial charge in [0.2, 0.25) is 0 Å². The van der Waals surface area contributed by atoms with Crippen molar-refractivity contribution >= 4 is 13.3 Å². The molecule has 0 spiro atoms. The predicted molar refractivity (Wildman–Crippen MR) is 89.0 cm³/mol. The van der Waals surface area contributed by atoms with E-state index in [1.807, 2.05) is 10.7 Å². The Morgan fingerprint density at radius 1 is 0.905 bits per heavy atom. The molecule has 0 aliphatic heterocycles. The third kappa shape index (κ3) is 3.11. The number of hydrogen-bond acceptors (Lipinski definition) is 2. The van der Waals surface area contributed by atoms with E-state index in [4.69, 9.17) is 0 Å². The molecular weight excluding hydrogens is 274 g/mol. The van der Waals surface area contributed by atoms with E-state index in [0.717, 1.165) is 6.17 Å². The van der Waals surface area contributed by atoms with Gasteiger partial charge >= 0.3 is 0 Å². The number of rotatable bonds is 4. The first kappa shape index (κ1) is 13.8. The second-order valence-electron chi connectivity index (χ2n) is 5.92. The average Bonchev–Trinajstić information content (AvgIpc) is 3.00. The van der Waals surface area contributed by atoms with Crippen molar-refractivity contribution in [3.63, 3.8) is 0 Å². The van der Waals surface area contributed by atoms with Gasteiger partial charge in [-0.15, -0.1) is 0 Å². The van der Waals surface area contributed by atoms with Gasteiger partial charge in [-0.2, -0.15) is 5.10 Å². The molecule has 0 bridgehead atoms. The quantitative estimate of drug-likeness (QED) is 0.692. The predicted octanol–water partition coefficient (Wildman–Crippen LogP) is 3.10. The van der Waals surface area contributed by atoms with E-state index >= 15 is 0 Å².